The Labute approximate surface area is 126 Å². The number of piperidine rings is 1. The number of benzene rings is 1. The fraction of sp³-hybridized carbons (Fsp3) is 0.562. The largest absolute Gasteiger partial charge is 0.335 e. The van der Waals surface area contributed by atoms with Gasteiger partial charge in [-0.25, -0.2) is 0 Å². The highest BCUT2D eigenvalue weighted by Crippen LogP contribution is 2.16. The van der Waals surface area contributed by atoms with Gasteiger partial charge >= 0.3 is 0 Å². The first-order valence-corrected chi connectivity index (χ1v) is 7.75. The zero-order valence-electron chi connectivity index (χ0n) is 12.2. The van der Waals surface area contributed by atoms with E-state index in [4.69, 9.17) is 11.6 Å². The Kier molecular flexibility index (Phi) is 5.44. The van der Waals surface area contributed by atoms with Gasteiger partial charge in [-0.05, 0) is 51.4 Å². The van der Waals surface area contributed by atoms with E-state index in [9.17, 15) is 4.79 Å². The van der Waals surface area contributed by atoms with Crippen molar-refractivity contribution < 1.29 is 4.79 Å². The van der Waals surface area contributed by atoms with Crippen molar-refractivity contribution in [1.29, 1.82) is 0 Å². The molecule has 0 aromatic heterocycles. The van der Waals surface area contributed by atoms with E-state index in [2.05, 4.69) is 19.2 Å². The van der Waals surface area contributed by atoms with Crippen LogP contribution in [0.25, 0.3) is 0 Å². The average molecular weight is 295 g/mol. The lowest BCUT2D eigenvalue weighted by molar-refractivity contribution is 0.0677. The second-order valence-electron chi connectivity index (χ2n) is 5.71. The highest BCUT2D eigenvalue weighted by atomic mass is 35.5. The number of rotatable bonds is 4. The molecule has 1 aromatic rings. The fourth-order valence-electron chi connectivity index (χ4n) is 2.63. The molecule has 110 valence electrons. The number of nitrogens with zero attached hydrogens (tertiary/aromatic N) is 1. The topological polar surface area (TPSA) is 32.3 Å². The zero-order chi connectivity index (χ0) is 14.5. The van der Waals surface area contributed by atoms with E-state index in [0.29, 0.717) is 16.6 Å². The molecule has 2 rings (SSSR count). The van der Waals surface area contributed by atoms with Crippen LogP contribution in [0.3, 0.4) is 0 Å². The van der Waals surface area contributed by atoms with Gasteiger partial charge in [-0.1, -0.05) is 24.1 Å². The van der Waals surface area contributed by atoms with Crippen LogP contribution in [0.2, 0.25) is 5.02 Å². The van der Waals surface area contributed by atoms with Gasteiger partial charge in [-0.15, -0.1) is 0 Å². The molecule has 1 aromatic carbocycles. The summed E-state index contributed by atoms with van der Waals surface area (Å²) in [4.78, 5) is 14.6. The molecule has 1 amide bonds. The Morgan fingerprint density at radius 2 is 2.25 bits per heavy atom. The van der Waals surface area contributed by atoms with Gasteiger partial charge in [0, 0.05) is 29.2 Å². The van der Waals surface area contributed by atoms with Crippen LogP contribution in [0.15, 0.2) is 24.3 Å². The number of carbonyl (C=O) groups is 1. The molecule has 1 aliphatic heterocycles. The molecular formula is C16H23ClN2O. The van der Waals surface area contributed by atoms with Crippen LogP contribution in [0.1, 0.15) is 43.5 Å². The van der Waals surface area contributed by atoms with Crippen molar-refractivity contribution in [3.8, 4) is 0 Å². The molecule has 1 heterocycles. The maximum absolute atomic E-state index is 12.7. The lowest BCUT2D eigenvalue weighted by Gasteiger charge is -2.33. The molecule has 0 bridgehead atoms. The van der Waals surface area contributed by atoms with E-state index in [0.717, 1.165) is 19.5 Å². The molecule has 1 unspecified atom stereocenters. The lowest BCUT2D eigenvalue weighted by atomic mass is 10.0. The van der Waals surface area contributed by atoms with Gasteiger partial charge in [0.2, 0.25) is 0 Å². The number of halogens is 1. The minimum absolute atomic E-state index is 0.0647. The van der Waals surface area contributed by atoms with Crippen molar-refractivity contribution in [2.24, 2.45) is 0 Å². The quantitative estimate of drug-likeness (QED) is 0.924. The summed E-state index contributed by atoms with van der Waals surface area (Å²) in [6, 6.07) is 7.79. The Morgan fingerprint density at radius 1 is 1.45 bits per heavy atom. The third-order valence-electron chi connectivity index (χ3n) is 3.79. The number of hydrogen-bond acceptors (Lipinski definition) is 2. The maximum Gasteiger partial charge on any atom is 0.254 e. The second-order valence-corrected chi connectivity index (χ2v) is 6.14. The summed E-state index contributed by atoms with van der Waals surface area (Å²) in [6.07, 6.45) is 3.63. The van der Waals surface area contributed by atoms with Crippen molar-refractivity contribution in [3.63, 3.8) is 0 Å². The molecule has 1 N–H and O–H groups in total. The smallest absolute Gasteiger partial charge is 0.254 e. The monoisotopic (exact) mass is 294 g/mol. The normalized spacial score (nSPS) is 19.1. The summed E-state index contributed by atoms with van der Waals surface area (Å²) in [6.45, 7) is 5.95. The van der Waals surface area contributed by atoms with Crippen LogP contribution in [0.5, 0.6) is 0 Å². The molecule has 0 saturated carbocycles. The molecule has 1 fully saturated rings. The van der Waals surface area contributed by atoms with E-state index < -0.39 is 0 Å². The van der Waals surface area contributed by atoms with E-state index in [-0.39, 0.29) is 11.9 Å². The summed E-state index contributed by atoms with van der Waals surface area (Å²) in [7, 11) is 0. The van der Waals surface area contributed by atoms with Crippen LogP contribution in [-0.4, -0.2) is 36.0 Å². The third-order valence-corrected chi connectivity index (χ3v) is 4.02. The number of nitrogens with one attached hydrogen (secondary N) is 1. The van der Waals surface area contributed by atoms with Crippen molar-refractivity contribution in [1.82, 2.24) is 10.2 Å². The maximum atomic E-state index is 12.7. The molecule has 1 atom stereocenters. The van der Waals surface area contributed by atoms with Gasteiger partial charge < -0.3 is 10.2 Å². The Morgan fingerprint density at radius 3 is 2.85 bits per heavy atom. The predicted molar refractivity (Wildman–Crippen MR) is 83.3 cm³/mol. The Hall–Kier alpha value is -1.06. The fourth-order valence-corrected chi connectivity index (χ4v) is 2.82. The van der Waals surface area contributed by atoms with Crippen LogP contribution in [-0.2, 0) is 0 Å². The van der Waals surface area contributed by atoms with Gasteiger partial charge in [-0.3, -0.25) is 4.79 Å². The minimum atomic E-state index is 0.0647. The molecule has 0 aliphatic carbocycles. The molecule has 1 saturated heterocycles. The zero-order valence-corrected chi connectivity index (χ0v) is 13.0. The predicted octanol–water partition coefficient (Wildman–Crippen LogP) is 3.33. The van der Waals surface area contributed by atoms with Gasteiger partial charge in [0.25, 0.3) is 5.91 Å². The SMILES string of the molecule is CC(C)N(CC1CCCCN1)C(=O)c1cccc(Cl)c1. The Balaban J connectivity index is 2.09. The highest BCUT2D eigenvalue weighted by molar-refractivity contribution is 6.30. The third kappa shape index (κ3) is 3.97. The van der Waals surface area contributed by atoms with Crippen molar-refractivity contribution in [3.05, 3.63) is 34.9 Å². The van der Waals surface area contributed by atoms with Crippen molar-refractivity contribution in [2.45, 2.75) is 45.2 Å². The van der Waals surface area contributed by atoms with Gasteiger partial charge in [0.05, 0.1) is 0 Å². The summed E-state index contributed by atoms with van der Waals surface area (Å²) in [5, 5.41) is 4.11. The first kappa shape index (κ1) is 15.3. The number of amides is 1. The highest BCUT2D eigenvalue weighted by Gasteiger charge is 2.23. The average Bonchev–Trinajstić information content (AvgIpc) is 2.45. The second kappa shape index (κ2) is 7.09. The van der Waals surface area contributed by atoms with E-state index in [1.807, 2.05) is 17.0 Å². The van der Waals surface area contributed by atoms with Crippen LogP contribution in [0.4, 0.5) is 0 Å². The minimum Gasteiger partial charge on any atom is -0.335 e. The Bertz CT molecular complexity index is 456. The molecule has 0 radical (unpaired) electrons. The molecular weight excluding hydrogens is 272 g/mol. The van der Waals surface area contributed by atoms with Gasteiger partial charge in [0.15, 0.2) is 0 Å². The molecule has 1 aliphatic rings. The van der Waals surface area contributed by atoms with E-state index in [1.54, 1.807) is 12.1 Å². The van der Waals surface area contributed by atoms with Crippen LogP contribution >= 0.6 is 11.6 Å². The van der Waals surface area contributed by atoms with Crippen molar-refractivity contribution in [2.75, 3.05) is 13.1 Å². The van der Waals surface area contributed by atoms with E-state index >= 15 is 0 Å². The first-order valence-electron chi connectivity index (χ1n) is 7.38. The lowest BCUT2D eigenvalue weighted by Crippen LogP contribution is -2.48. The first-order chi connectivity index (χ1) is 9.58. The van der Waals surface area contributed by atoms with Crippen molar-refractivity contribution >= 4 is 17.5 Å². The van der Waals surface area contributed by atoms with Gasteiger partial charge in [0.1, 0.15) is 0 Å². The summed E-state index contributed by atoms with van der Waals surface area (Å²) < 4.78 is 0. The summed E-state index contributed by atoms with van der Waals surface area (Å²) in [5.41, 5.74) is 0.669. The molecule has 4 heteroatoms. The van der Waals surface area contributed by atoms with Crippen LogP contribution < -0.4 is 5.32 Å². The molecule has 20 heavy (non-hydrogen) atoms. The van der Waals surface area contributed by atoms with Gasteiger partial charge in [-0.2, -0.15) is 0 Å². The molecule has 0 spiro atoms. The number of hydrogen-bond donors (Lipinski definition) is 1. The molecule has 3 nitrogen and oxygen atoms in total. The van der Waals surface area contributed by atoms with Crippen LogP contribution in [0, 0.1) is 0 Å². The summed E-state index contributed by atoms with van der Waals surface area (Å²) >= 11 is 5.98. The summed E-state index contributed by atoms with van der Waals surface area (Å²) in [5.74, 6) is 0.0647. The van der Waals surface area contributed by atoms with E-state index in [1.165, 1.54) is 12.8 Å². The standard InChI is InChI=1S/C16H23ClN2O/c1-12(2)19(11-15-8-3-4-9-18-15)16(20)13-6-5-7-14(17)10-13/h5-7,10,12,15,18H,3-4,8-9,11H2,1-2H3. The number of carbonyl (C=O) groups excluding carboxylic acids is 1.